The first-order valence-corrected chi connectivity index (χ1v) is 6.89. The maximum atomic E-state index is 10.9. The van der Waals surface area contributed by atoms with E-state index in [9.17, 15) is 4.79 Å². The predicted molar refractivity (Wildman–Crippen MR) is 87.3 cm³/mol. The topological polar surface area (TPSA) is 49.3 Å². The second-order valence-electron chi connectivity index (χ2n) is 5.04. The van der Waals surface area contributed by atoms with Crippen LogP contribution in [0.2, 0.25) is 0 Å². The SMILES string of the molecule is Cc1ccc(/C=C/c2ccccc2NC(C)C(=O)O)cc1. The van der Waals surface area contributed by atoms with E-state index in [4.69, 9.17) is 5.11 Å². The molecule has 0 radical (unpaired) electrons. The normalized spacial score (nSPS) is 12.3. The maximum absolute atomic E-state index is 10.9. The van der Waals surface area contributed by atoms with Gasteiger partial charge in [-0.15, -0.1) is 0 Å². The lowest BCUT2D eigenvalue weighted by Gasteiger charge is -2.13. The van der Waals surface area contributed by atoms with Gasteiger partial charge < -0.3 is 10.4 Å². The summed E-state index contributed by atoms with van der Waals surface area (Å²) in [4.78, 5) is 10.9. The van der Waals surface area contributed by atoms with Crippen molar-refractivity contribution in [1.82, 2.24) is 0 Å². The van der Waals surface area contributed by atoms with Crippen molar-refractivity contribution in [1.29, 1.82) is 0 Å². The van der Waals surface area contributed by atoms with E-state index in [0.717, 1.165) is 16.8 Å². The molecule has 1 unspecified atom stereocenters. The third-order valence-corrected chi connectivity index (χ3v) is 3.24. The summed E-state index contributed by atoms with van der Waals surface area (Å²) < 4.78 is 0. The molecule has 0 spiro atoms. The molecule has 1 atom stereocenters. The van der Waals surface area contributed by atoms with Gasteiger partial charge >= 0.3 is 5.97 Å². The van der Waals surface area contributed by atoms with E-state index < -0.39 is 12.0 Å². The maximum Gasteiger partial charge on any atom is 0.325 e. The van der Waals surface area contributed by atoms with Gasteiger partial charge in [-0.1, -0.05) is 60.2 Å². The lowest BCUT2D eigenvalue weighted by molar-refractivity contribution is -0.137. The molecule has 0 amide bonds. The van der Waals surface area contributed by atoms with E-state index in [1.807, 2.05) is 36.4 Å². The van der Waals surface area contributed by atoms with Crippen molar-refractivity contribution >= 4 is 23.8 Å². The predicted octanol–water partition coefficient (Wildman–Crippen LogP) is 4.05. The molecule has 0 aliphatic rings. The van der Waals surface area contributed by atoms with Crippen LogP contribution >= 0.6 is 0 Å². The first-order valence-electron chi connectivity index (χ1n) is 6.89. The Morgan fingerprint density at radius 3 is 2.43 bits per heavy atom. The Hall–Kier alpha value is -2.55. The van der Waals surface area contributed by atoms with E-state index in [1.165, 1.54) is 5.56 Å². The first-order chi connectivity index (χ1) is 10.1. The summed E-state index contributed by atoms with van der Waals surface area (Å²) in [5.74, 6) is -0.868. The second-order valence-corrected chi connectivity index (χ2v) is 5.04. The van der Waals surface area contributed by atoms with Crippen molar-refractivity contribution in [3.8, 4) is 0 Å². The Morgan fingerprint density at radius 1 is 1.10 bits per heavy atom. The van der Waals surface area contributed by atoms with E-state index in [2.05, 4.69) is 36.5 Å². The molecular formula is C18H19NO2. The van der Waals surface area contributed by atoms with Gasteiger partial charge in [-0.2, -0.15) is 0 Å². The lowest BCUT2D eigenvalue weighted by Crippen LogP contribution is -2.25. The average Bonchev–Trinajstić information content (AvgIpc) is 2.48. The molecule has 0 aliphatic heterocycles. The van der Waals surface area contributed by atoms with Gasteiger partial charge in [0.2, 0.25) is 0 Å². The molecule has 0 aromatic heterocycles. The van der Waals surface area contributed by atoms with Gasteiger partial charge in [0.1, 0.15) is 6.04 Å². The Labute approximate surface area is 124 Å². The third kappa shape index (κ3) is 4.21. The molecule has 108 valence electrons. The minimum Gasteiger partial charge on any atom is -0.480 e. The number of benzene rings is 2. The second kappa shape index (κ2) is 6.75. The molecule has 3 heteroatoms. The van der Waals surface area contributed by atoms with E-state index in [1.54, 1.807) is 6.92 Å². The summed E-state index contributed by atoms with van der Waals surface area (Å²) >= 11 is 0. The summed E-state index contributed by atoms with van der Waals surface area (Å²) in [6, 6.07) is 15.3. The molecule has 0 heterocycles. The zero-order valence-corrected chi connectivity index (χ0v) is 12.2. The monoisotopic (exact) mass is 281 g/mol. The highest BCUT2D eigenvalue weighted by Gasteiger charge is 2.11. The number of aryl methyl sites for hydroxylation is 1. The number of rotatable bonds is 5. The molecule has 3 nitrogen and oxygen atoms in total. The summed E-state index contributed by atoms with van der Waals surface area (Å²) in [5, 5.41) is 12.0. The molecule has 21 heavy (non-hydrogen) atoms. The Bertz CT molecular complexity index is 645. The first kappa shape index (κ1) is 14.9. The van der Waals surface area contributed by atoms with E-state index in [-0.39, 0.29) is 0 Å². The van der Waals surface area contributed by atoms with Crippen LogP contribution in [0, 0.1) is 6.92 Å². The molecule has 0 saturated carbocycles. The summed E-state index contributed by atoms with van der Waals surface area (Å²) in [7, 11) is 0. The molecular weight excluding hydrogens is 262 g/mol. The highest BCUT2D eigenvalue weighted by atomic mass is 16.4. The fraction of sp³-hybridized carbons (Fsp3) is 0.167. The van der Waals surface area contributed by atoms with Gasteiger partial charge in [0.05, 0.1) is 0 Å². The Kier molecular flexibility index (Phi) is 4.77. The van der Waals surface area contributed by atoms with Crippen molar-refractivity contribution in [3.05, 3.63) is 65.2 Å². The lowest BCUT2D eigenvalue weighted by atomic mass is 10.1. The van der Waals surface area contributed by atoms with Crippen LogP contribution in [0.4, 0.5) is 5.69 Å². The highest BCUT2D eigenvalue weighted by Crippen LogP contribution is 2.19. The summed E-state index contributed by atoms with van der Waals surface area (Å²) in [6.07, 6.45) is 4.01. The molecule has 2 rings (SSSR count). The van der Waals surface area contributed by atoms with Crippen molar-refractivity contribution in [2.45, 2.75) is 19.9 Å². The van der Waals surface area contributed by atoms with Crippen molar-refractivity contribution < 1.29 is 9.90 Å². The van der Waals surface area contributed by atoms with Crippen molar-refractivity contribution in [2.75, 3.05) is 5.32 Å². The fourth-order valence-electron chi connectivity index (χ4n) is 1.93. The van der Waals surface area contributed by atoms with Crippen LogP contribution in [-0.2, 0) is 4.79 Å². The number of anilines is 1. The van der Waals surface area contributed by atoms with Crippen LogP contribution in [0.5, 0.6) is 0 Å². The number of carboxylic acid groups (broad SMARTS) is 1. The smallest absolute Gasteiger partial charge is 0.325 e. The van der Waals surface area contributed by atoms with Crippen molar-refractivity contribution in [3.63, 3.8) is 0 Å². The fourth-order valence-corrected chi connectivity index (χ4v) is 1.93. The summed E-state index contributed by atoms with van der Waals surface area (Å²) in [5.41, 5.74) is 4.12. The molecule has 0 aliphatic carbocycles. The van der Waals surface area contributed by atoms with Crippen LogP contribution in [-0.4, -0.2) is 17.1 Å². The van der Waals surface area contributed by atoms with Crippen LogP contribution < -0.4 is 5.32 Å². The minimum atomic E-state index is -0.868. The number of carboxylic acids is 1. The molecule has 2 aromatic carbocycles. The number of hydrogen-bond acceptors (Lipinski definition) is 2. The quantitative estimate of drug-likeness (QED) is 0.813. The Balaban J connectivity index is 2.20. The van der Waals surface area contributed by atoms with Gasteiger partial charge in [-0.3, -0.25) is 4.79 Å². The number of nitrogens with one attached hydrogen (secondary N) is 1. The average molecular weight is 281 g/mol. The zero-order chi connectivity index (χ0) is 15.2. The number of para-hydroxylation sites is 1. The number of aliphatic carboxylic acids is 1. The third-order valence-electron chi connectivity index (χ3n) is 3.24. The van der Waals surface area contributed by atoms with Crippen LogP contribution in [0.1, 0.15) is 23.6 Å². The number of hydrogen-bond donors (Lipinski definition) is 2. The van der Waals surface area contributed by atoms with Gasteiger partial charge in [0, 0.05) is 5.69 Å². The molecule has 0 fully saturated rings. The summed E-state index contributed by atoms with van der Waals surface area (Å²) in [6.45, 7) is 3.68. The van der Waals surface area contributed by atoms with Crippen LogP contribution in [0.15, 0.2) is 48.5 Å². The largest absolute Gasteiger partial charge is 0.480 e. The van der Waals surface area contributed by atoms with Gasteiger partial charge in [-0.25, -0.2) is 0 Å². The highest BCUT2D eigenvalue weighted by molar-refractivity contribution is 5.81. The van der Waals surface area contributed by atoms with E-state index >= 15 is 0 Å². The number of carbonyl (C=O) groups is 1. The standard InChI is InChI=1S/C18H19NO2/c1-13-7-9-15(10-8-13)11-12-16-5-3-4-6-17(16)19-14(2)18(20)21/h3-12,14,19H,1-2H3,(H,20,21)/b12-11+. The van der Waals surface area contributed by atoms with Crippen LogP contribution in [0.3, 0.4) is 0 Å². The minimum absolute atomic E-state index is 0.626. The molecule has 2 N–H and O–H groups in total. The zero-order valence-electron chi connectivity index (χ0n) is 12.2. The van der Waals surface area contributed by atoms with Gasteiger partial charge in [0.15, 0.2) is 0 Å². The van der Waals surface area contributed by atoms with Gasteiger partial charge in [-0.05, 0) is 31.0 Å². The molecule has 0 bridgehead atoms. The molecule has 2 aromatic rings. The van der Waals surface area contributed by atoms with Crippen LogP contribution in [0.25, 0.3) is 12.2 Å². The van der Waals surface area contributed by atoms with Crippen molar-refractivity contribution in [2.24, 2.45) is 0 Å². The van der Waals surface area contributed by atoms with E-state index in [0.29, 0.717) is 0 Å². The Morgan fingerprint density at radius 2 is 1.76 bits per heavy atom. The molecule has 0 saturated heterocycles. The van der Waals surface area contributed by atoms with Gasteiger partial charge in [0.25, 0.3) is 0 Å².